The number of benzene rings is 1. The molecule has 1 aromatic carbocycles. The summed E-state index contributed by atoms with van der Waals surface area (Å²) >= 11 is 0. The van der Waals surface area contributed by atoms with E-state index in [0.717, 1.165) is 18.5 Å². The Morgan fingerprint density at radius 2 is 2.25 bits per heavy atom. The summed E-state index contributed by atoms with van der Waals surface area (Å²) in [4.78, 5) is 13.1. The number of nitrogens with one attached hydrogen (secondary N) is 1. The number of nitrogen functional groups attached to an aromatic ring is 1. The van der Waals surface area contributed by atoms with Crippen molar-refractivity contribution in [1.29, 1.82) is 0 Å². The lowest BCUT2D eigenvalue weighted by atomic mass is 10.1. The Hall–Kier alpha value is -1.71. The maximum Gasteiger partial charge on any atom is 0.317 e. The van der Waals surface area contributed by atoms with E-state index in [0.29, 0.717) is 0 Å². The monoisotopic (exact) mass is 219 g/mol. The second kappa shape index (κ2) is 4.04. The molecule has 0 aromatic heterocycles. The number of aryl methyl sites for hydroxylation is 1. The third-order valence-electron chi connectivity index (χ3n) is 2.95. The minimum atomic E-state index is -0.0466. The van der Waals surface area contributed by atoms with Crippen molar-refractivity contribution in [3.05, 3.63) is 29.3 Å². The zero-order chi connectivity index (χ0) is 11.7. The van der Waals surface area contributed by atoms with Crippen molar-refractivity contribution in [2.24, 2.45) is 0 Å². The van der Waals surface area contributed by atoms with E-state index in [2.05, 4.69) is 5.32 Å². The zero-order valence-corrected chi connectivity index (χ0v) is 9.66. The third-order valence-corrected chi connectivity index (χ3v) is 2.95. The molecule has 1 unspecified atom stereocenters. The summed E-state index contributed by atoms with van der Waals surface area (Å²) in [6.45, 7) is 0. The molecule has 16 heavy (non-hydrogen) atoms. The molecule has 1 aromatic rings. The van der Waals surface area contributed by atoms with Gasteiger partial charge in [-0.25, -0.2) is 4.79 Å². The van der Waals surface area contributed by atoms with E-state index >= 15 is 0 Å². The van der Waals surface area contributed by atoms with Crippen molar-refractivity contribution in [2.75, 3.05) is 19.8 Å². The van der Waals surface area contributed by atoms with Crippen molar-refractivity contribution in [1.82, 2.24) is 10.2 Å². The Morgan fingerprint density at radius 1 is 1.50 bits per heavy atom. The third kappa shape index (κ3) is 1.96. The highest BCUT2D eigenvalue weighted by Crippen LogP contribution is 2.32. The van der Waals surface area contributed by atoms with Crippen LogP contribution in [-0.4, -0.2) is 25.0 Å². The molecule has 0 spiro atoms. The standard InChI is InChI=1S/C12H17N3O/c1-15(2)12(16)14-11-6-3-8-7-9(13)4-5-10(8)11/h4-5,7,11H,3,6,13H2,1-2H3,(H,14,16). The Balaban J connectivity index is 2.15. The molecule has 0 bridgehead atoms. The fourth-order valence-electron chi connectivity index (χ4n) is 2.07. The maximum absolute atomic E-state index is 11.6. The topological polar surface area (TPSA) is 58.4 Å². The Labute approximate surface area is 95.4 Å². The number of amides is 2. The molecule has 1 atom stereocenters. The van der Waals surface area contributed by atoms with Gasteiger partial charge in [0.05, 0.1) is 6.04 Å². The highest BCUT2D eigenvalue weighted by molar-refractivity contribution is 5.74. The number of carbonyl (C=O) groups is 1. The summed E-state index contributed by atoms with van der Waals surface area (Å²) in [5, 5.41) is 3.00. The van der Waals surface area contributed by atoms with E-state index in [-0.39, 0.29) is 12.1 Å². The SMILES string of the molecule is CN(C)C(=O)NC1CCc2cc(N)ccc21. The normalized spacial score (nSPS) is 18.0. The lowest BCUT2D eigenvalue weighted by molar-refractivity contribution is 0.213. The van der Waals surface area contributed by atoms with E-state index in [9.17, 15) is 4.79 Å². The number of anilines is 1. The Morgan fingerprint density at radius 3 is 2.94 bits per heavy atom. The van der Waals surface area contributed by atoms with E-state index in [1.807, 2.05) is 18.2 Å². The van der Waals surface area contributed by atoms with Gasteiger partial charge < -0.3 is 16.0 Å². The fraction of sp³-hybridized carbons (Fsp3) is 0.417. The van der Waals surface area contributed by atoms with E-state index < -0.39 is 0 Å². The largest absolute Gasteiger partial charge is 0.399 e. The Kier molecular flexibility index (Phi) is 2.73. The smallest absolute Gasteiger partial charge is 0.317 e. The second-order valence-electron chi connectivity index (χ2n) is 4.39. The molecule has 0 aliphatic heterocycles. The quantitative estimate of drug-likeness (QED) is 0.704. The number of fused-ring (bicyclic) bond motifs is 1. The summed E-state index contributed by atoms with van der Waals surface area (Å²) in [5.74, 6) is 0. The van der Waals surface area contributed by atoms with Crippen LogP contribution >= 0.6 is 0 Å². The minimum Gasteiger partial charge on any atom is -0.399 e. The maximum atomic E-state index is 11.6. The van der Waals surface area contributed by atoms with Crippen molar-refractivity contribution in [3.8, 4) is 0 Å². The number of hydrogen-bond acceptors (Lipinski definition) is 2. The van der Waals surface area contributed by atoms with Crippen LogP contribution in [0.4, 0.5) is 10.5 Å². The van der Waals surface area contributed by atoms with Crippen LogP contribution in [0.25, 0.3) is 0 Å². The van der Waals surface area contributed by atoms with Crippen LogP contribution in [0.2, 0.25) is 0 Å². The average molecular weight is 219 g/mol. The second-order valence-corrected chi connectivity index (χ2v) is 4.39. The summed E-state index contributed by atoms with van der Waals surface area (Å²) < 4.78 is 0. The highest BCUT2D eigenvalue weighted by Gasteiger charge is 2.24. The van der Waals surface area contributed by atoms with E-state index in [4.69, 9.17) is 5.73 Å². The van der Waals surface area contributed by atoms with Crippen LogP contribution in [0, 0.1) is 0 Å². The molecule has 1 aliphatic rings. The first-order valence-corrected chi connectivity index (χ1v) is 5.44. The molecule has 2 rings (SSSR count). The molecule has 1 aliphatic carbocycles. The minimum absolute atomic E-state index is 0.0466. The molecule has 0 saturated heterocycles. The summed E-state index contributed by atoms with van der Waals surface area (Å²) in [6.07, 6.45) is 1.94. The first kappa shape index (κ1) is 10.8. The lowest BCUT2D eigenvalue weighted by Gasteiger charge is -2.18. The summed E-state index contributed by atoms with van der Waals surface area (Å²) in [6, 6.07) is 5.98. The van der Waals surface area contributed by atoms with Crippen LogP contribution < -0.4 is 11.1 Å². The van der Waals surface area contributed by atoms with Crippen LogP contribution in [0.3, 0.4) is 0 Å². The molecule has 0 fully saturated rings. The number of nitrogens with zero attached hydrogens (tertiary/aromatic N) is 1. The van der Waals surface area contributed by atoms with Crippen molar-refractivity contribution in [3.63, 3.8) is 0 Å². The van der Waals surface area contributed by atoms with Crippen LogP contribution in [0.5, 0.6) is 0 Å². The van der Waals surface area contributed by atoms with Gasteiger partial charge in [-0.05, 0) is 36.1 Å². The highest BCUT2D eigenvalue weighted by atomic mass is 16.2. The van der Waals surface area contributed by atoms with Gasteiger partial charge in [0.2, 0.25) is 0 Å². The van der Waals surface area contributed by atoms with Crippen LogP contribution in [0.1, 0.15) is 23.6 Å². The van der Waals surface area contributed by atoms with Gasteiger partial charge in [-0.2, -0.15) is 0 Å². The molecular weight excluding hydrogens is 202 g/mol. The number of hydrogen-bond donors (Lipinski definition) is 2. The van der Waals surface area contributed by atoms with Gasteiger partial charge in [0.25, 0.3) is 0 Å². The number of rotatable bonds is 1. The van der Waals surface area contributed by atoms with E-state index in [1.54, 1.807) is 19.0 Å². The molecular formula is C12H17N3O. The average Bonchev–Trinajstić information content (AvgIpc) is 2.60. The summed E-state index contributed by atoms with van der Waals surface area (Å²) in [5.41, 5.74) is 8.97. The molecule has 86 valence electrons. The van der Waals surface area contributed by atoms with Crippen LogP contribution in [-0.2, 0) is 6.42 Å². The van der Waals surface area contributed by atoms with Gasteiger partial charge in [-0.3, -0.25) is 0 Å². The van der Waals surface area contributed by atoms with Crippen molar-refractivity contribution in [2.45, 2.75) is 18.9 Å². The first-order valence-electron chi connectivity index (χ1n) is 5.44. The van der Waals surface area contributed by atoms with Crippen molar-refractivity contribution >= 4 is 11.7 Å². The van der Waals surface area contributed by atoms with Crippen LogP contribution in [0.15, 0.2) is 18.2 Å². The molecule has 0 saturated carbocycles. The van der Waals surface area contributed by atoms with Gasteiger partial charge in [0.15, 0.2) is 0 Å². The van der Waals surface area contributed by atoms with Gasteiger partial charge in [0, 0.05) is 19.8 Å². The molecule has 0 radical (unpaired) electrons. The number of urea groups is 1. The Bertz CT molecular complexity index is 415. The molecule has 2 amide bonds. The molecule has 4 nitrogen and oxygen atoms in total. The fourth-order valence-corrected chi connectivity index (χ4v) is 2.07. The van der Waals surface area contributed by atoms with Gasteiger partial charge >= 0.3 is 6.03 Å². The van der Waals surface area contributed by atoms with E-state index in [1.165, 1.54) is 11.1 Å². The van der Waals surface area contributed by atoms with Crippen molar-refractivity contribution < 1.29 is 4.79 Å². The number of carbonyl (C=O) groups excluding carboxylic acids is 1. The summed E-state index contributed by atoms with van der Waals surface area (Å²) in [7, 11) is 3.49. The van der Waals surface area contributed by atoms with Gasteiger partial charge in [-0.1, -0.05) is 6.07 Å². The molecule has 0 heterocycles. The molecule has 3 N–H and O–H groups in total. The van der Waals surface area contributed by atoms with Gasteiger partial charge in [-0.15, -0.1) is 0 Å². The predicted molar refractivity (Wildman–Crippen MR) is 64.1 cm³/mol. The zero-order valence-electron chi connectivity index (χ0n) is 9.66. The van der Waals surface area contributed by atoms with Gasteiger partial charge in [0.1, 0.15) is 0 Å². The molecule has 4 heteroatoms. The predicted octanol–water partition coefficient (Wildman–Crippen LogP) is 1.53. The number of nitrogens with two attached hydrogens (primary N) is 1. The first-order chi connectivity index (χ1) is 7.58. The lowest BCUT2D eigenvalue weighted by Crippen LogP contribution is -2.36.